The lowest BCUT2D eigenvalue weighted by atomic mass is 9.86. The van der Waals surface area contributed by atoms with Crippen molar-refractivity contribution in [2.24, 2.45) is 5.41 Å². The molecule has 0 saturated carbocycles. The topological polar surface area (TPSA) is 62.7 Å². The van der Waals surface area contributed by atoms with Crippen LogP contribution in [0.4, 0.5) is 5.69 Å². The summed E-state index contributed by atoms with van der Waals surface area (Å²) in [5.74, 6) is 0.232. The van der Waals surface area contributed by atoms with Crippen molar-refractivity contribution in [3.8, 4) is 0 Å². The number of hydrogen-bond donors (Lipinski definition) is 0. The molecule has 0 radical (unpaired) electrons. The van der Waals surface area contributed by atoms with Gasteiger partial charge in [-0.15, -0.1) is 0 Å². The number of carbonyl (C=O) groups excluding carboxylic acids is 2. The molecular formula is C17H21N3O3. The zero-order chi connectivity index (χ0) is 15.9. The van der Waals surface area contributed by atoms with Gasteiger partial charge in [-0.25, -0.2) is 0 Å². The largest absolute Gasteiger partial charge is 0.368 e. The van der Waals surface area contributed by atoms with Crippen LogP contribution < -0.4 is 4.90 Å². The second-order valence-corrected chi connectivity index (χ2v) is 6.88. The molecule has 3 fully saturated rings. The number of ether oxygens (including phenoxy) is 1. The zero-order valence-electron chi connectivity index (χ0n) is 13.1. The lowest BCUT2D eigenvalue weighted by molar-refractivity contribution is -0.140. The van der Waals surface area contributed by atoms with Crippen molar-refractivity contribution in [1.82, 2.24) is 9.88 Å². The second kappa shape index (κ2) is 5.60. The fraction of sp³-hybridized carbons (Fsp3) is 0.588. The molecule has 0 bridgehead atoms. The first kappa shape index (κ1) is 14.6. The summed E-state index contributed by atoms with van der Waals surface area (Å²) < 4.78 is 5.51. The van der Waals surface area contributed by atoms with Gasteiger partial charge in [0.2, 0.25) is 5.91 Å². The maximum Gasteiger partial charge on any atom is 0.251 e. The first-order valence-corrected chi connectivity index (χ1v) is 8.28. The smallest absolute Gasteiger partial charge is 0.251 e. The van der Waals surface area contributed by atoms with Crippen LogP contribution in [0.1, 0.15) is 25.7 Å². The average Bonchev–Trinajstić information content (AvgIpc) is 3.29. The van der Waals surface area contributed by atoms with Gasteiger partial charge in [-0.05, 0) is 31.4 Å². The predicted molar refractivity (Wildman–Crippen MR) is 83.8 cm³/mol. The summed E-state index contributed by atoms with van der Waals surface area (Å²) >= 11 is 0. The third-order valence-electron chi connectivity index (χ3n) is 5.23. The van der Waals surface area contributed by atoms with Crippen LogP contribution in [0.15, 0.2) is 24.5 Å². The van der Waals surface area contributed by atoms with Crippen molar-refractivity contribution in [1.29, 1.82) is 0 Å². The van der Waals surface area contributed by atoms with Gasteiger partial charge in [0.15, 0.2) is 0 Å². The van der Waals surface area contributed by atoms with Gasteiger partial charge in [0.1, 0.15) is 6.10 Å². The highest BCUT2D eigenvalue weighted by Gasteiger charge is 2.49. The van der Waals surface area contributed by atoms with E-state index in [2.05, 4.69) is 4.98 Å². The van der Waals surface area contributed by atoms with E-state index in [9.17, 15) is 9.59 Å². The number of pyridine rings is 1. The first-order valence-electron chi connectivity index (χ1n) is 8.28. The summed E-state index contributed by atoms with van der Waals surface area (Å²) in [5, 5.41) is 0. The van der Waals surface area contributed by atoms with E-state index in [1.54, 1.807) is 12.4 Å². The summed E-state index contributed by atoms with van der Waals surface area (Å²) in [5.41, 5.74) is 0.736. The van der Waals surface area contributed by atoms with Crippen molar-refractivity contribution in [3.63, 3.8) is 0 Å². The van der Waals surface area contributed by atoms with Crippen LogP contribution in [0, 0.1) is 5.41 Å². The molecule has 4 heterocycles. The van der Waals surface area contributed by atoms with E-state index in [1.807, 2.05) is 21.9 Å². The zero-order valence-corrected chi connectivity index (χ0v) is 13.1. The van der Waals surface area contributed by atoms with Gasteiger partial charge in [0, 0.05) is 44.3 Å². The highest BCUT2D eigenvalue weighted by molar-refractivity contribution is 5.96. The molecule has 0 unspecified atom stereocenters. The Morgan fingerprint density at radius 2 is 2.30 bits per heavy atom. The number of carbonyl (C=O) groups is 2. The molecule has 2 amide bonds. The molecule has 6 nitrogen and oxygen atoms in total. The minimum atomic E-state index is -0.267. The van der Waals surface area contributed by atoms with Crippen LogP contribution in [-0.2, 0) is 14.3 Å². The summed E-state index contributed by atoms with van der Waals surface area (Å²) in [4.78, 5) is 32.8. The molecule has 3 aliphatic rings. The van der Waals surface area contributed by atoms with Gasteiger partial charge in [0.05, 0.1) is 11.9 Å². The first-order chi connectivity index (χ1) is 11.2. The molecule has 6 heteroatoms. The average molecular weight is 315 g/mol. The number of hydrogen-bond acceptors (Lipinski definition) is 4. The summed E-state index contributed by atoms with van der Waals surface area (Å²) in [7, 11) is 0. The fourth-order valence-corrected chi connectivity index (χ4v) is 4.02. The monoisotopic (exact) mass is 315 g/mol. The van der Waals surface area contributed by atoms with Crippen LogP contribution in [0.2, 0.25) is 0 Å². The third-order valence-corrected chi connectivity index (χ3v) is 5.23. The summed E-state index contributed by atoms with van der Waals surface area (Å²) in [6.07, 6.45) is 6.34. The molecule has 3 aliphatic heterocycles. The lowest BCUT2D eigenvalue weighted by Crippen LogP contribution is -2.39. The molecule has 122 valence electrons. The predicted octanol–water partition coefficient (Wildman–Crippen LogP) is 1.22. The highest BCUT2D eigenvalue weighted by atomic mass is 16.5. The quantitative estimate of drug-likeness (QED) is 0.823. The Morgan fingerprint density at radius 3 is 3.04 bits per heavy atom. The van der Waals surface area contributed by atoms with Crippen molar-refractivity contribution < 1.29 is 14.3 Å². The lowest BCUT2D eigenvalue weighted by Gasteiger charge is -2.25. The molecule has 1 aromatic heterocycles. The Morgan fingerprint density at radius 1 is 1.39 bits per heavy atom. The van der Waals surface area contributed by atoms with E-state index >= 15 is 0 Å². The number of likely N-dealkylation sites (tertiary alicyclic amines) is 1. The van der Waals surface area contributed by atoms with E-state index in [1.165, 1.54) is 0 Å². The molecule has 0 aromatic carbocycles. The van der Waals surface area contributed by atoms with Gasteiger partial charge < -0.3 is 14.5 Å². The van der Waals surface area contributed by atoms with Crippen molar-refractivity contribution in [3.05, 3.63) is 24.5 Å². The van der Waals surface area contributed by atoms with E-state index in [0.717, 1.165) is 31.5 Å². The standard InChI is InChI=1S/C17H21N3O3/c21-15-9-17(12-20(15)13-3-1-6-18-10-13)5-7-19(11-17)16(22)14-4-2-8-23-14/h1,3,6,10,14H,2,4-5,7-9,11-12H2/t14-,17+/m1/s1. The minimum Gasteiger partial charge on any atom is -0.368 e. The molecule has 0 N–H and O–H groups in total. The summed E-state index contributed by atoms with van der Waals surface area (Å²) in [6.45, 7) is 2.75. The van der Waals surface area contributed by atoms with Gasteiger partial charge in [0.25, 0.3) is 5.91 Å². The maximum absolute atomic E-state index is 12.5. The Balaban J connectivity index is 1.46. The Kier molecular flexibility index (Phi) is 3.56. The fourth-order valence-electron chi connectivity index (χ4n) is 4.02. The van der Waals surface area contributed by atoms with E-state index in [-0.39, 0.29) is 23.3 Å². The van der Waals surface area contributed by atoms with Crippen LogP contribution in [0.25, 0.3) is 0 Å². The van der Waals surface area contributed by atoms with E-state index < -0.39 is 0 Å². The number of aromatic nitrogens is 1. The van der Waals surface area contributed by atoms with Gasteiger partial charge >= 0.3 is 0 Å². The minimum absolute atomic E-state index is 0.103. The van der Waals surface area contributed by atoms with Crippen molar-refractivity contribution in [2.45, 2.75) is 31.8 Å². The SMILES string of the molecule is O=C([C@H]1CCCO1)N1CC[C@]2(CC(=O)N(c3cccnc3)C2)C1. The van der Waals surface area contributed by atoms with Crippen LogP contribution in [0.3, 0.4) is 0 Å². The van der Waals surface area contributed by atoms with Crippen molar-refractivity contribution >= 4 is 17.5 Å². The van der Waals surface area contributed by atoms with Crippen LogP contribution >= 0.6 is 0 Å². The maximum atomic E-state index is 12.5. The van der Waals surface area contributed by atoms with Crippen molar-refractivity contribution in [2.75, 3.05) is 31.1 Å². The molecule has 23 heavy (non-hydrogen) atoms. The molecule has 2 atom stereocenters. The Bertz CT molecular complexity index is 615. The second-order valence-electron chi connectivity index (χ2n) is 6.88. The highest BCUT2D eigenvalue weighted by Crippen LogP contribution is 2.42. The molecule has 3 saturated heterocycles. The van der Waals surface area contributed by atoms with E-state index in [4.69, 9.17) is 4.74 Å². The Hall–Kier alpha value is -1.95. The van der Waals surface area contributed by atoms with Crippen LogP contribution in [0.5, 0.6) is 0 Å². The van der Waals surface area contributed by atoms with E-state index in [0.29, 0.717) is 26.1 Å². The number of rotatable bonds is 2. The molecule has 4 rings (SSSR count). The van der Waals surface area contributed by atoms with Gasteiger partial charge in [-0.1, -0.05) is 0 Å². The third kappa shape index (κ3) is 2.61. The normalized spacial score (nSPS) is 30.6. The number of anilines is 1. The number of nitrogens with zero attached hydrogens (tertiary/aromatic N) is 3. The molecule has 1 aromatic rings. The van der Waals surface area contributed by atoms with Gasteiger partial charge in [-0.3, -0.25) is 14.6 Å². The van der Waals surface area contributed by atoms with Crippen LogP contribution in [-0.4, -0.2) is 54.0 Å². The molecular weight excluding hydrogens is 294 g/mol. The van der Waals surface area contributed by atoms with Gasteiger partial charge in [-0.2, -0.15) is 0 Å². The number of amides is 2. The molecule has 0 aliphatic carbocycles. The molecule has 1 spiro atoms. The Labute approximate surface area is 135 Å². The summed E-state index contributed by atoms with van der Waals surface area (Å²) in [6, 6.07) is 3.75.